The standard InChI is InChI=1S/C29H27Cl4N3O2.BrH/c1-20(29(37)34-12-11-21-5-3-2-4-6-21)36-14-13-35(19-36)17-28(25-10-9-24(31)16-27(25)33)38-18-22-7-8-23(30)15-26(22)32;/h2-10,13-16,19-20,28H,11-12,17-18H2,1H3;1H. The number of ether oxygens (including phenoxy) is 1. The number of hydrogen-bond acceptors (Lipinski definition) is 2. The summed E-state index contributed by atoms with van der Waals surface area (Å²) in [6, 6.07) is 20.3. The number of carbonyl (C=O) groups is 1. The molecule has 0 spiro atoms. The number of benzene rings is 3. The fraction of sp³-hybridized carbons (Fsp3) is 0.241. The maximum absolute atomic E-state index is 12.8. The monoisotopic (exact) mass is 669 g/mol. The minimum absolute atomic E-state index is 0. The molecule has 0 saturated heterocycles. The normalized spacial score (nSPS) is 12.4. The molecule has 1 N–H and O–H groups in total. The summed E-state index contributed by atoms with van der Waals surface area (Å²) in [6.45, 7) is 3.17. The summed E-state index contributed by atoms with van der Waals surface area (Å²) in [6.07, 6.45) is 6.05. The second kappa shape index (κ2) is 15.1. The molecule has 2 unspecified atom stereocenters. The molecule has 0 aliphatic carbocycles. The van der Waals surface area contributed by atoms with E-state index in [0.717, 1.165) is 17.5 Å². The highest BCUT2D eigenvalue weighted by atomic mass is 79.9. The lowest BCUT2D eigenvalue weighted by molar-refractivity contribution is -0.705. The van der Waals surface area contributed by atoms with Crippen molar-refractivity contribution in [2.24, 2.45) is 0 Å². The summed E-state index contributed by atoms with van der Waals surface area (Å²) in [4.78, 5) is 12.8. The lowest BCUT2D eigenvalue weighted by Crippen LogP contribution is -3.00. The Bertz CT molecular complexity index is 1380. The van der Waals surface area contributed by atoms with Crippen LogP contribution in [-0.2, 0) is 29.1 Å². The first-order valence-corrected chi connectivity index (χ1v) is 13.7. The minimum atomic E-state index is -0.401. The van der Waals surface area contributed by atoms with E-state index in [1.807, 2.05) is 65.1 Å². The van der Waals surface area contributed by atoms with Crippen LogP contribution < -0.4 is 26.9 Å². The molecule has 0 aliphatic rings. The Balaban J connectivity index is 0.00000420. The Hall–Kier alpha value is -2.06. The first-order chi connectivity index (χ1) is 18.3. The van der Waals surface area contributed by atoms with Crippen LogP contribution in [0.4, 0.5) is 0 Å². The van der Waals surface area contributed by atoms with E-state index in [4.69, 9.17) is 51.1 Å². The summed E-state index contributed by atoms with van der Waals surface area (Å²) in [5, 5.41) is 5.17. The quantitative estimate of drug-likeness (QED) is 0.242. The first-order valence-electron chi connectivity index (χ1n) is 12.2. The van der Waals surface area contributed by atoms with E-state index in [0.29, 0.717) is 33.2 Å². The van der Waals surface area contributed by atoms with Crippen LogP contribution in [0.25, 0.3) is 0 Å². The van der Waals surface area contributed by atoms with Crippen LogP contribution in [0.1, 0.15) is 35.8 Å². The van der Waals surface area contributed by atoms with Crippen molar-refractivity contribution < 1.29 is 31.1 Å². The molecule has 2 atom stereocenters. The van der Waals surface area contributed by atoms with Crippen molar-refractivity contribution in [3.8, 4) is 0 Å². The molecule has 0 fully saturated rings. The van der Waals surface area contributed by atoms with Gasteiger partial charge in [-0.25, -0.2) is 9.13 Å². The van der Waals surface area contributed by atoms with Crippen LogP contribution in [0, 0.1) is 0 Å². The molecule has 0 bridgehead atoms. The number of imidazole rings is 1. The van der Waals surface area contributed by atoms with Gasteiger partial charge in [0.05, 0.1) is 6.61 Å². The Morgan fingerprint density at radius 1 is 0.974 bits per heavy atom. The van der Waals surface area contributed by atoms with E-state index >= 15 is 0 Å². The van der Waals surface area contributed by atoms with Crippen molar-refractivity contribution in [3.05, 3.63) is 122 Å². The minimum Gasteiger partial charge on any atom is -1.00 e. The zero-order chi connectivity index (χ0) is 27.1. The van der Waals surface area contributed by atoms with Crippen molar-refractivity contribution in [1.82, 2.24) is 9.88 Å². The van der Waals surface area contributed by atoms with Crippen LogP contribution in [0.2, 0.25) is 20.1 Å². The second-order valence-electron chi connectivity index (χ2n) is 8.96. The van der Waals surface area contributed by atoms with Crippen LogP contribution in [0.15, 0.2) is 85.5 Å². The van der Waals surface area contributed by atoms with E-state index in [1.165, 1.54) is 5.56 Å². The number of halogens is 5. The fourth-order valence-corrected chi connectivity index (χ4v) is 5.02. The summed E-state index contributed by atoms with van der Waals surface area (Å²) in [5.41, 5.74) is 2.80. The molecule has 0 radical (unpaired) electrons. The lowest BCUT2D eigenvalue weighted by atomic mass is 10.1. The van der Waals surface area contributed by atoms with Gasteiger partial charge in [0.15, 0.2) is 6.04 Å². The van der Waals surface area contributed by atoms with Crippen LogP contribution in [0.3, 0.4) is 0 Å². The van der Waals surface area contributed by atoms with Gasteiger partial charge in [0.2, 0.25) is 6.33 Å². The van der Waals surface area contributed by atoms with E-state index in [2.05, 4.69) is 17.4 Å². The van der Waals surface area contributed by atoms with Crippen molar-refractivity contribution in [2.45, 2.75) is 38.6 Å². The summed E-state index contributed by atoms with van der Waals surface area (Å²) < 4.78 is 10.1. The van der Waals surface area contributed by atoms with E-state index in [1.54, 1.807) is 24.3 Å². The summed E-state index contributed by atoms with van der Waals surface area (Å²) in [5.74, 6) is -0.0467. The number of aromatic nitrogens is 2. The van der Waals surface area contributed by atoms with Crippen molar-refractivity contribution in [1.29, 1.82) is 0 Å². The Morgan fingerprint density at radius 3 is 2.36 bits per heavy atom. The van der Waals surface area contributed by atoms with Gasteiger partial charge in [-0.2, -0.15) is 0 Å². The zero-order valence-corrected chi connectivity index (χ0v) is 25.8. The highest BCUT2D eigenvalue weighted by Crippen LogP contribution is 2.31. The lowest BCUT2D eigenvalue weighted by Gasteiger charge is -2.19. The number of carbonyl (C=O) groups excluding carboxylic acids is 1. The molecule has 4 rings (SSSR count). The molecule has 0 aliphatic heterocycles. The number of hydrogen-bond donors (Lipinski definition) is 1. The maximum atomic E-state index is 12.8. The van der Waals surface area contributed by atoms with Gasteiger partial charge in [-0.15, -0.1) is 0 Å². The summed E-state index contributed by atoms with van der Waals surface area (Å²) >= 11 is 25.1. The number of rotatable bonds is 11. The van der Waals surface area contributed by atoms with Gasteiger partial charge in [-0.05, 0) is 48.7 Å². The molecule has 10 heteroatoms. The van der Waals surface area contributed by atoms with Crippen LogP contribution in [0.5, 0.6) is 0 Å². The Kier molecular flexibility index (Phi) is 12.2. The molecule has 4 aromatic rings. The third-order valence-corrected chi connectivity index (χ3v) is 7.38. The smallest absolute Gasteiger partial charge is 0.265 e. The molecule has 1 aromatic heterocycles. The molecular weight excluding hydrogens is 644 g/mol. The third-order valence-electron chi connectivity index (χ3n) is 6.24. The Morgan fingerprint density at radius 2 is 1.67 bits per heavy atom. The Labute approximate surface area is 259 Å². The van der Waals surface area contributed by atoms with Crippen molar-refractivity contribution >= 4 is 52.3 Å². The average molecular weight is 672 g/mol. The predicted octanol–water partition coefficient (Wildman–Crippen LogP) is 4.27. The fourth-order valence-electron chi connectivity index (χ4n) is 4.03. The molecular formula is C29H28BrCl4N3O2. The highest BCUT2D eigenvalue weighted by Gasteiger charge is 2.23. The SMILES string of the molecule is CC(C(=O)NCCc1ccccc1)n1cc[n+](CC(OCc2ccc(Cl)cc2Cl)c2ccc(Cl)cc2Cl)c1.[Br-]. The van der Waals surface area contributed by atoms with Gasteiger partial charge in [0.1, 0.15) is 25.0 Å². The molecule has 39 heavy (non-hydrogen) atoms. The van der Waals surface area contributed by atoms with E-state index in [9.17, 15) is 4.79 Å². The van der Waals surface area contributed by atoms with E-state index < -0.39 is 6.10 Å². The largest absolute Gasteiger partial charge is 1.00 e. The van der Waals surface area contributed by atoms with Gasteiger partial charge < -0.3 is 27.0 Å². The molecule has 1 heterocycles. The predicted molar refractivity (Wildman–Crippen MR) is 153 cm³/mol. The maximum Gasteiger partial charge on any atom is 0.265 e. The van der Waals surface area contributed by atoms with Gasteiger partial charge >= 0.3 is 0 Å². The number of nitrogens with one attached hydrogen (secondary N) is 1. The summed E-state index contributed by atoms with van der Waals surface area (Å²) in [7, 11) is 0. The molecule has 3 aromatic carbocycles. The molecule has 206 valence electrons. The van der Waals surface area contributed by atoms with Gasteiger partial charge in [-0.3, -0.25) is 4.79 Å². The van der Waals surface area contributed by atoms with Crippen LogP contribution >= 0.6 is 46.4 Å². The topological polar surface area (TPSA) is 47.1 Å². The van der Waals surface area contributed by atoms with E-state index in [-0.39, 0.29) is 35.5 Å². The van der Waals surface area contributed by atoms with Crippen molar-refractivity contribution in [2.75, 3.05) is 6.54 Å². The second-order valence-corrected chi connectivity index (χ2v) is 10.6. The molecule has 5 nitrogen and oxygen atoms in total. The highest BCUT2D eigenvalue weighted by molar-refractivity contribution is 6.35. The zero-order valence-electron chi connectivity index (χ0n) is 21.2. The number of nitrogens with zero attached hydrogens (tertiary/aromatic N) is 2. The first kappa shape index (κ1) is 31.5. The van der Waals surface area contributed by atoms with Crippen molar-refractivity contribution in [3.63, 3.8) is 0 Å². The van der Waals surface area contributed by atoms with Gasteiger partial charge in [0.25, 0.3) is 5.91 Å². The average Bonchev–Trinajstić information content (AvgIpc) is 3.36. The van der Waals surface area contributed by atoms with Crippen LogP contribution in [-0.4, -0.2) is 17.0 Å². The third kappa shape index (κ3) is 8.97. The molecule has 0 saturated carbocycles. The number of amides is 1. The van der Waals surface area contributed by atoms with Gasteiger partial charge in [-0.1, -0.05) is 88.9 Å². The molecule has 1 amide bonds. The van der Waals surface area contributed by atoms with Gasteiger partial charge in [0, 0.05) is 32.2 Å².